The fraction of sp³-hybridized carbons (Fsp3) is 0.120. The highest BCUT2D eigenvalue weighted by atomic mass is 19.4. The molecular formula is C25H17F4N5O2. The van der Waals surface area contributed by atoms with Crippen LogP contribution in [0, 0.1) is 5.82 Å². The number of benzene rings is 2. The molecule has 1 N–H and O–H groups in total. The number of carbonyl (C=O) groups is 2. The van der Waals surface area contributed by atoms with Crippen LogP contribution in [-0.2, 0) is 17.5 Å². The van der Waals surface area contributed by atoms with Crippen LogP contribution in [0.1, 0.15) is 15.9 Å². The van der Waals surface area contributed by atoms with Crippen LogP contribution >= 0.6 is 0 Å². The molecule has 182 valence electrons. The topological polar surface area (TPSA) is 80.1 Å². The van der Waals surface area contributed by atoms with Crippen molar-refractivity contribution in [2.45, 2.75) is 12.7 Å². The Balaban J connectivity index is 1.47. The first-order valence-electron chi connectivity index (χ1n) is 10.8. The molecule has 0 saturated heterocycles. The van der Waals surface area contributed by atoms with Gasteiger partial charge in [-0.05, 0) is 54.1 Å². The fourth-order valence-electron chi connectivity index (χ4n) is 3.93. The van der Waals surface area contributed by atoms with Gasteiger partial charge in [0, 0.05) is 23.5 Å². The molecular weight excluding hydrogens is 478 g/mol. The first-order chi connectivity index (χ1) is 17.2. The van der Waals surface area contributed by atoms with E-state index in [-0.39, 0.29) is 18.7 Å². The van der Waals surface area contributed by atoms with Crippen LogP contribution in [0.15, 0.2) is 73.1 Å². The summed E-state index contributed by atoms with van der Waals surface area (Å²) in [5.74, 6) is -1.84. The van der Waals surface area contributed by atoms with Crippen molar-refractivity contribution in [1.82, 2.24) is 19.8 Å². The molecule has 4 aromatic rings. The molecule has 0 spiro atoms. The van der Waals surface area contributed by atoms with Crippen LogP contribution in [0.2, 0.25) is 0 Å². The molecule has 36 heavy (non-hydrogen) atoms. The average Bonchev–Trinajstić information content (AvgIpc) is 3.27. The lowest BCUT2D eigenvalue weighted by molar-refractivity contribution is -0.137. The number of nitrogens with zero attached hydrogens (tertiary/aromatic N) is 4. The number of hydrazine groups is 1. The third-order valence-corrected chi connectivity index (χ3v) is 5.73. The van der Waals surface area contributed by atoms with E-state index in [1.807, 2.05) is 0 Å². The van der Waals surface area contributed by atoms with Crippen molar-refractivity contribution in [3.05, 3.63) is 90.0 Å². The maximum atomic E-state index is 13.5. The van der Waals surface area contributed by atoms with Gasteiger partial charge in [-0.15, -0.1) is 0 Å². The molecule has 11 heteroatoms. The van der Waals surface area contributed by atoms with Crippen LogP contribution in [-0.4, -0.2) is 38.0 Å². The van der Waals surface area contributed by atoms with Gasteiger partial charge in [-0.3, -0.25) is 20.0 Å². The van der Waals surface area contributed by atoms with Gasteiger partial charge in [-0.2, -0.15) is 18.3 Å². The van der Waals surface area contributed by atoms with Gasteiger partial charge in [0.15, 0.2) is 5.82 Å². The van der Waals surface area contributed by atoms with Crippen LogP contribution < -0.4 is 5.43 Å². The van der Waals surface area contributed by atoms with E-state index in [4.69, 9.17) is 0 Å². The molecule has 1 aliphatic rings. The summed E-state index contributed by atoms with van der Waals surface area (Å²) in [7, 11) is 0. The average molecular weight is 495 g/mol. The summed E-state index contributed by atoms with van der Waals surface area (Å²) in [4.78, 5) is 29.7. The molecule has 3 heterocycles. The van der Waals surface area contributed by atoms with Gasteiger partial charge >= 0.3 is 12.1 Å². The van der Waals surface area contributed by atoms with Gasteiger partial charge in [0.2, 0.25) is 0 Å². The number of ketones is 1. The van der Waals surface area contributed by atoms with Crippen LogP contribution in [0.5, 0.6) is 0 Å². The monoisotopic (exact) mass is 495 g/mol. The standard InChI is InChI=1S/C25H17F4N5O2/c26-19-7-3-16(4-8-19)21-20(15-9-11-30-12-10-15)23-32-34(14-13-33(23)31-21)24(36)22(35)17-1-5-18(6-2-17)25(27,28)29/h1-12,32H,13-14H2. The number of halogens is 4. The molecule has 2 aromatic carbocycles. The lowest BCUT2D eigenvalue weighted by Gasteiger charge is -2.29. The van der Waals surface area contributed by atoms with Crippen molar-refractivity contribution in [1.29, 1.82) is 0 Å². The summed E-state index contributed by atoms with van der Waals surface area (Å²) in [5.41, 5.74) is 4.38. The molecule has 1 aliphatic heterocycles. The Bertz CT molecular complexity index is 1430. The molecule has 0 unspecified atom stereocenters. The van der Waals surface area contributed by atoms with Crippen LogP contribution in [0.3, 0.4) is 0 Å². The van der Waals surface area contributed by atoms with E-state index in [1.165, 1.54) is 12.1 Å². The Morgan fingerprint density at radius 1 is 0.861 bits per heavy atom. The van der Waals surface area contributed by atoms with E-state index in [0.29, 0.717) is 22.6 Å². The first-order valence-corrected chi connectivity index (χ1v) is 10.8. The number of rotatable bonds is 4. The summed E-state index contributed by atoms with van der Waals surface area (Å²) in [6, 6.07) is 12.8. The predicted molar refractivity (Wildman–Crippen MR) is 122 cm³/mol. The highest BCUT2D eigenvalue weighted by molar-refractivity contribution is 6.42. The molecule has 0 saturated carbocycles. The van der Waals surface area contributed by atoms with Crippen molar-refractivity contribution in [3.8, 4) is 22.4 Å². The van der Waals surface area contributed by atoms with E-state index < -0.39 is 29.2 Å². The van der Waals surface area contributed by atoms with Crippen molar-refractivity contribution in [3.63, 3.8) is 0 Å². The Labute approximate surface area is 202 Å². The van der Waals surface area contributed by atoms with Crippen molar-refractivity contribution in [2.75, 3.05) is 12.0 Å². The minimum Gasteiger partial charge on any atom is -0.283 e. The Morgan fingerprint density at radius 2 is 1.53 bits per heavy atom. The first kappa shape index (κ1) is 23.2. The second kappa shape index (κ2) is 8.91. The van der Waals surface area contributed by atoms with E-state index in [2.05, 4.69) is 15.5 Å². The van der Waals surface area contributed by atoms with E-state index >= 15 is 0 Å². The highest BCUT2D eigenvalue weighted by Gasteiger charge is 2.33. The summed E-state index contributed by atoms with van der Waals surface area (Å²) >= 11 is 0. The van der Waals surface area contributed by atoms with Gasteiger partial charge < -0.3 is 0 Å². The molecule has 0 radical (unpaired) electrons. The van der Waals surface area contributed by atoms with Crippen molar-refractivity contribution in [2.24, 2.45) is 0 Å². The second-order valence-corrected chi connectivity index (χ2v) is 8.01. The Kier molecular flexibility index (Phi) is 5.75. The number of fused-ring (bicyclic) bond motifs is 1. The zero-order valence-electron chi connectivity index (χ0n) is 18.5. The molecule has 0 aliphatic carbocycles. The molecule has 0 bridgehead atoms. The van der Waals surface area contributed by atoms with E-state index in [0.717, 1.165) is 34.8 Å². The van der Waals surface area contributed by atoms with Crippen molar-refractivity contribution >= 4 is 17.5 Å². The zero-order chi connectivity index (χ0) is 25.4. The van der Waals surface area contributed by atoms with Crippen LogP contribution in [0.25, 0.3) is 22.4 Å². The predicted octanol–water partition coefficient (Wildman–Crippen LogP) is 4.82. The van der Waals surface area contributed by atoms with Crippen LogP contribution in [0.4, 0.5) is 23.4 Å². The number of amides is 1. The Morgan fingerprint density at radius 3 is 2.17 bits per heavy atom. The molecule has 5 rings (SSSR count). The normalized spacial score (nSPS) is 13.2. The number of anilines is 1. The number of Topliss-reactive ketones (excluding diaryl/α,β-unsaturated/α-hetero) is 1. The zero-order valence-corrected chi connectivity index (χ0v) is 18.5. The number of pyridine rings is 1. The molecule has 0 fully saturated rings. The Hall–Kier alpha value is -4.54. The molecule has 0 atom stereocenters. The number of alkyl halides is 3. The smallest absolute Gasteiger partial charge is 0.283 e. The summed E-state index contributed by atoms with van der Waals surface area (Å²) in [6.45, 7) is 0.326. The number of nitrogens with one attached hydrogen (secondary N) is 1. The van der Waals surface area contributed by atoms with Gasteiger partial charge in [0.1, 0.15) is 11.5 Å². The molecule has 7 nitrogen and oxygen atoms in total. The summed E-state index contributed by atoms with van der Waals surface area (Å²) < 4.78 is 53.6. The van der Waals surface area contributed by atoms with E-state index in [1.54, 1.807) is 41.3 Å². The summed E-state index contributed by atoms with van der Waals surface area (Å²) in [6.07, 6.45) is -1.37. The quantitative estimate of drug-likeness (QED) is 0.250. The molecule has 2 aromatic heterocycles. The van der Waals surface area contributed by atoms with Gasteiger partial charge in [-0.1, -0.05) is 12.1 Å². The SMILES string of the molecule is O=C(C(=O)N1CCn2nc(-c3ccc(F)cc3)c(-c3ccncc3)c2N1)c1ccc(C(F)(F)F)cc1. The lowest BCUT2D eigenvalue weighted by Crippen LogP contribution is -2.46. The minimum atomic E-state index is -4.55. The third kappa shape index (κ3) is 4.30. The maximum Gasteiger partial charge on any atom is 0.416 e. The number of hydrogen-bond donors (Lipinski definition) is 1. The minimum absolute atomic E-state index is 0.0819. The number of aromatic nitrogens is 3. The van der Waals surface area contributed by atoms with Gasteiger partial charge in [0.05, 0.1) is 24.2 Å². The number of carbonyl (C=O) groups excluding carboxylic acids is 2. The second-order valence-electron chi connectivity index (χ2n) is 8.01. The number of hydrogen-bond acceptors (Lipinski definition) is 5. The summed E-state index contributed by atoms with van der Waals surface area (Å²) in [5, 5.41) is 5.75. The largest absolute Gasteiger partial charge is 0.416 e. The van der Waals surface area contributed by atoms with Crippen molar-refractivity contribution < 1.29 is 27.2 Å². The van der Waals surface area contributed by atoms with Gasteiger partial charge in [0.25, 0.3) is 5.78 Å². The maximum absolute atomic E-state index is 13.5. The third-order valence-electron chi connectivity index (χ3n) is 5.73. The molecule has 1 amide bonds. The fourth-order valence-corrected chi connectivity index (χ4v) is 3.93. The lowest BCUT2D eigenvalue weighted by atomic mass is 10.0. The van der Waals surface area contributed by atoms with Gasteiger partial charge in [-0.25, -0.2) is 14.1 Å². The highest BCUT2D eigenvalue weighted by Crippen LogP contribution is 2.39. The van der Waals surface area contributed by atoms with E-state index in [9.17, 15) is 27.2 Å².